The normalized spacial score (nSPS) is 18.9. The molecule has 0 bridgehead atoms. The minimum Gasteiger partial charge on any atom is -0.324 e. The third-order valence-electron chi connectivity index (χ3n) is 3.40. The van der Waals surface area contributed by atoms with E-state index in [1.807, 2.05) is 42.3 Å². The van der Waals surface area contributed by atoms with Gasteiger partial charge < -0.3 is 15.5 Å². The average Bonchev–Trinajstić information content (AvgIpc) is 2.86. The summed E-state index contributed by atoms with van der Waals surface area (Å²) in [6, 6.07) is 9.64. The molecule has 4 nitrogen and oxygen atoms in total. The van der Waals surface area contributed by atoms with Gasteiger partial charge in [0.2, 0.25) is 0 Å². The molecular weight excluding hydrogens is 226 g/mol. The van der Waals surface area contributed by atoms with Gasteiger partial charge in [0.15, 0.2) is 0 Å². The molecule has 2 rings (SSSR count). The Balaban J connectivity index is 1.80. The molecule has 0 aromatic heterocycles. The van der Waals surface area contributed by atoms with Gasteiger partial charge in [-0.05, 0) is 44.5 Å². The Morgan fingerprint density at radius 1 is 1.39 bits per heavy atom. The van der Waals surface area contributed by atoms with E-state index < -0.39 is 0 Å². The molecule has 2 amide bonds. The van der Waals surface area contributed by atoms with Crippen molar-refractivity contribution in [2.24, 2.45) is 5.92 Å². The average molecular weight is 247 g/mol. The number of nitrogens with one attached hydrogen (secondary N) is 2. The minimum absolute atomic E-state index is 0.0214. The quantitative estimate of drug-likeness (QED) is 0.856. The molecule has 0 aliphatic carbocycles. The maximum atomic E-state index is 12.0. The predicted molar refractivity (Wildman–Crippen MR) is 73.7 cm³/mol. The van der Waals surface area contributed by atoms with Gasteiger partial charge in [0, 0.05) is 18.8 Å². The first kappa shape index (κ1) is 12.9. The smallest absolute Gasteiger partial charge is 0.321 e. The van der Waals surface area contributed by atoms with Crippen molar-refractivity contribution in [3.05, 3.63) is 30.3 Å². The highest BCUT2D eigenvalue weighted by Crippen LogP contribution is 2.20. The number of nitrogens with zero attached hydrogens (tertiary/aromatic N) is 1. The largest absolute Gasteiger partial charge is 0.324 e. The van der Waals surface area contributed by atoms with E-state index >= 15 is 0 Å². The zero-order chi connectivity index (χ0) is 12.8. The van der Waals surface area contributed by atoms with Crippen LogP contribution in [0.3, 0.4) is 0 Å². The van der Waals surface area contributed by atoms with Gasteiger partial charge in [-0.15, -0.1) is 0 Å². The molecule has 1 aliphatic rings. The molecule has 98 valence electrons. The van der Waals surface area contributed by atoms with E-state index in [1.54, 1.807) is 0 Å². The summed E-state index contributed by atoms with van der Waals surface area (Å²) >= 11 is 0. The second kappa shape index (κ2) is 6.40. The van der Waals surface area contributed by atoms with Gasteiger partial charge in [-0.2, -0.15) is 0 Å². The third kappa shape index (κ3) is 3.47. The van der Waals surface area contributed by atoms with Gasteiger partial charge in [-0.1, -0.05) is 18.2 Å². The molecule has 0 spiro atoms. The van der Waals surface area contributed by atoms with E-state index in [9.17, 15) is 4.79 Å². The Morgan fingerprint density at radius 2 is 2.17 bits per heavy atom. The highest BCUT2D eigenvalue weighted by molar-refractivity contribution is 5.89. The summed E-state index contributed by atoms with van der Waals surface area (Å²) in [7, 11) is 1.97. The number of hydrogen-bond acceptors (Lipinski definition) is 2. The Morgan fingerprint density at radius 3 is 2.89 bits per heavy atom. The van der Waals surface area contributed by atoms with E-state index in [4.69, 9.17) is 0 Å². The van der Waals surface area contributed by atoms with Gasteiger partial charge >= 0.3 is 6.03 Å². The molecule has 1 atom stereocenters. The predicted octanol–water partition coefficient (Wildman–Crippen LogP) is 2.15. The van der Waals surface area contributed by atoms with Crippen molar-refractivity contribution in [2.75, 3.05) is 32.0 Å². The first-order chi connectivity index (χ1) is 8.79. The fourth-order valence-corrected chi connectivity index (χ4v) is 2.33. The SMILES string of the molecule is CNCCC1CCN(C(=O)Nc2ccccc2)C1. The molecule has 18 heavy (non-hydrogen) atoms. The summed E-state index contributed by atoms with van der Waals surface area (Å²) in [4.78, 5) is 13.9. The number of hydrogen-bond donors (Lipinski definition) is 2. The molecule has 1 saturated heterocycles. The maximum absolute atomic E-state index is 12.0. The maximum Gasteiger partial charge on any atom is 0.321 e. The van der Waals surface area contributed by atoms with Crippen molar-refractivity contribution in [1.29, 1.82) is 0 Å². The van der Waals surface area contributed by atoms with Crippen LogP contribution < -0.4 is 10.6 Å². The molecule has 1 unspecified atom stereocenters. The molecule has 1 aromatic carbocycles. The lowest BCUT2D eigenvalue weighted by molar-refractivity contribution is 0.220. The summed E-state index contributed by atoms with van der Waals surface area (Å²) < 4.78 is 0. The van der Waals surface area contributed by atoms with E-state index in [2.05, 4.69) is 10.6 Å². The van der Waals surface area contributed by atoms with Crippen molar-refractivity contribution in [2.45, 2.75) is 12.8 Å². The van der Waals surface area contributed by atoms with Crippen LogP contribution in [0, 0.1) is 5.92 Å². The van der Waals surface area contributed by atoms with Crippen LogP contribution in [0.5, 0.6) is 0 Å². The van der Waals surface area contributed by atoms with Gasteiger partial charge in [0.25, 0.3) is 0 Å². The lowest BCUT2D eigenvalue weighted by Crippen LogP contribution is -2.33. The Bertz CT molecular complexity index is 380. The lowest BCUT2D eigenvalue weighted by Gasteiger charge is -2.17. The summed E-state index contributed by atoms with van der Waals surface area (Å²) in [6.45, 7) is 2.77. The van der Waals surface area contributed by atoms with Crippen molar-refractivity contribution in [3.63, 3.8) is 0 Å². The second-order valence-electron chi connectivity index (χ2n) is 4.79. The molecule has 4 heteroatoms. The zero-order valence-corrected chi connectivity index (χ0v) is 10.9. The van der Waals surface area contributed by atoms with Gasteiger partial charge in [0.05, 0.1) is 0 Å². The Kier molecular flexibility index (Phi) is 4.59. The van der Waals surface area contributed by atoms with Gasteiger partial charge in [-0.3, -0.25) is 0 Å². The summed E-state index contributed by atoms with van der Waals surface area (Å²) in [6.07, 6.45) is 2.26. The number of amides is 2. The van der Waals surface area contributed by atoms with Crippen LogP contribution in [0.15, 0.2) is 30.3 Å². The van der Waals surface area contributed by atoms with Crippen LogP contribution in [0.1, 0.15) is 12.8 Å². The number of anilines is 1. The topological polar surface area (TPSA) is 44.4 Å². The number of carbonyl (C=O) groups is 1. The summed E-state index contributed by atoms with van der Waals surface area (Å²) in [5, 5.41) is 6.09. The van der Waals surface area contributed by atoms with Crippen molar-refractivity contribution in [1.82, 2.24) is 10.2 Å². The Hall–Kier alpha value is -1.55. The van der Waals surface area contributed by atoms with Crippen LogP contribution in [0.4, 0.5) is 10.5 Å². The standard InChI is InChI=1S/C14H21N3O/c1-15-9-7-12-8-10-17(11-12)14(18)16-13-5-3-2-4-6-13/h2-6,12,15H,7-11H2,1H3,(H,16,18). The van der Waals surface area contributed by atoms with E-state index in [0.717, 1.165) is 38.2 Å². The number of likely N-dealkylation sites (tertiary alicyclic amines) is 1. The molecule has 1 aliphatic heterocycles. The molecule has 2 N–H and O–H groups in total. The zero-order valence-electron chi connectivity index (χ0n) is 10.9. The van der Waals surface area contributed by atoms with Gasteiger partial charge in [-0.25, -0.2) is 4.79 Å². The fourth-order valence-electron chi connectivity index (χ4n) is 2.33. The monoisotopic (exact) mass is 247 g/mol. The molecule has 0 saturated carbocycles. The van der Waals surface area contributed by atoms with Crippen molar-refractivity contribution >= 4 is 11.7 Å². The second-order valence-corrected chi connectivity index (χ2v) is 4.79. The molecule has 1 heterocycles. The number of urea groups is 1. The highest BCUT2D eigenvalue weighted by atomic mass is 16.2. The third-order valence-corrected chi connectivity index (χ3v) is 3.40. The molecule has 0 radical (unpaired) electrons. The van der Waals surface area contributed by atoms with E-state index in [1.165, 1.54) is 0 Å². The van der Waals surface area contributed by atoms with E-state index in [-0.39, 0.29) is 6.03 Å². The fraction of sp³-hybridized carbons (Fsp3) is 0.500. The van der Waals surface area contributed by atoms with Crippen LogP contribution >= 0.6 is 0 Å². The van der Waals surface area contributed by atoms with Crippen LogP contribution in [0.25, 0.3) is 0 Å². The van der Waals surface area contributed by atoms with Crippen LogP contribution in [-0.2, 0) is 0 Å². The number of carbonyl (C=O) groups excluding carboxylic acids is 1. The van der Waals surface area contributed by atoms with Crippen LogP contribution in [0.2, 0.25) is 0 Å². The number of benzene rings is 1. The first-order valence-corrected chi connectivity index (χ1v) is 6.55. The van der Waals surface area contributed by atoms with Crippen LogP contribution in [-0.4, -0.2) is 37.6 Å². The molecule has 1 fully saturated rings. The lowest BCUT2D eigenvalue weighted by atomic mass is 10.1. The summed E-state index contributed by atoms with van der Waals surface area (Å²) in [5.74, 6) is 0.638. The molecule has 1 aromatic rings. The number of rotatable bonds is 4. The summed E-state index contributed by atoms with van der Waals surface area (Å²) in [5.41, 5.74) is 0.862. The minimum atomic E-state index is 0.0214. The highest BCUT2D eigenvalue weighted by Gasteiger charge is 2.25. The van der Waals surface area contributed by atoms with Crippen molar-refractivity contribution < 1.29 is 4.79 Å². The van der Waals surface area contributed by atoms with Crippen molar-refractivity contribution in [3.8, 4) is 0 Å². The van der Waals surface area contributed by atoms with E-state index in [0.29, 0.717) is 5.92 Å². The molecular formula is C14H21N3O. The Labute approximate surface area is 108 Å². The number of para-hydroxylation sites is 1. The first-order valence-electron chi connectivity index (χ1n) is 6.55. The van der Waals surface area contributed by atoms with Gasteiger partial charge in [0.1, 0.15) is 0 Å².